The van der Waals surface area contributed by atoms with Crippen LogP contribution in [0.15, 0.2) is 22.7 Å². The SMILES string of the molecule is CC(C)C(CN)C(=O)Nc1cc(Br)cc(C(=O)O)c1. The van der Waals surface area contributed by atoms with Gasteiger partial charge in [0.25, 0.3) is 0 Å². The van der Waals surface area contributed by atoms with Gasteiger partial charge in [0, 0.05) is 16.7 Å². The fraction of sp³-hybridized carbons (Fsp3) is 0.385. The first kappa shape index (κ1) is 15.7. The zero-order valence-corrected chi connectivity index (χ0v) is 12.4. The Morgan fingerprint density at radius 2 is 2.00 bits per heavy atom. The van der Waals surface area contributed by atoms with Crippen molar-refractivity contribution in [2.24, 2.45) is 17.6 Å². The summed E-state index contributed by atoms with van der Waals surface area (Å²) in [6.07, 6.45) is 0. The fourth-order valence-electron chi connectivity index (χ4n) is 1.70. The van der Waals surface area contributed by atoms with Crippen LogP contribution >= 0.6 is 15.9 Å². The average molecular weight is 329 g/mol. The fourth-order valence-corrected chi connectivity index (χ4v) is 2.20. The molecule has 1 unspecified atom stereocenters. The van der Waals surface area contributed by atoms with Crippen molar-refractivity contribution in [1.29, 1.82) is 0 Å². The summed E-state index contributed by atoms with van der Waals surface area (Å²) < 4.78 is 0.594. The molecule has 1 amide bonds. The summed E-state index contributed by atoms with van der Waals surface area (Å²) in [6, 6.07) is 4.54. The largest absolute Gasteiger partial charge is 0.478 e. The Hall–Kier alpha value is -1.40. The quantitative estimate of drug-likeness (QED) is 0.773. The lowest BCUT2D eigenvalue weighted by molar-refractivity contribution is -0.120. The molecule has 0 aliphatic heterocycles. The number of aromatic carboxylic acids is 1. The Morgan fingerprint density at radius 1 is 1.37 bits per heavy atom. The molecule has 4 N–H and O–H groups in total. The van der Waals surface area contributed by atoms with Crippen molar-refractivity contribution in [2.45, 2.75) is 13.8 Å². The molecule has 0 radical (unpaired) electrons. The highest BCUT2D eigenvalue weighted by atomic mass is 79.9. The maximum Gasteiger partial charge on any atom is 0.335 e. The van der Waals surface area contributed by atoms with Crippen LogP contribution in [0.3, 0.4) is 0 Å². The maximum atomic E-state index is 12.0. The molecule has 0 saturated heterocycles. The highest BCUT2D eigenvalue weighted by Gasteiger charge is 2.20. The monoisotopic (exact) mass is 328 g/mol. The second-order valence-electron chi connectivity index (χ2n) is 4.61. The Kier molecular flexibility index (Phi) is 5.50. The van der Waals surface area contributed by atoms with Gasteiger partial charge in [-0.15, -0.1) is 0 Å². The first-order valence-corrected chi connectivity index (χ1v) is 6.69. The number of hydrogen-bond donors (Lipinski definition) is 3. The van der Waals surface area contributed by atoms with Crippen LogP contribution in [0.5, 0.6) is 0 Å². The molecule has 0 fully saturated rings. The van der Waals surface area contributed by atoms with Gasteiger partial charge in [0.15, 0.2) is 0 Å². The number of hydrogen-bond acceptors (Lipinski definition) is 3. The minimum atomic E-state index is -1.05. The van der Waals surface area contributed by atoms with Gasteiger partial charge in [-0.05, 0) is 24.1 Å². The molecular weight excluding hydrogens is 312 g/mol. The topological polar surface area (TPSA) is 92.4 Å². The van der Waals surface area contributed by atoms with Gasteiger partial charge in [-0.25, -0.2) is 4.79 Å². The van der Waals surface area contributed by atoms with Crippen LogP contribution in [0.25, 0.3) is 0 Å². The minimum absolute atomic E-state index is 0.110. The van der Waals surface area contributed by atoms with Gasteiger partial charge in [-0.1, -0.05) is 29.8 Å². The molecule has 0 spiro atoms. The molecule has 5 nitrogen and oxygen atoms in total. The van der Waals surface area contributed by atoms with Crippen molar-refractivity contribution in [3.63, 3.8) is 0 Å². The Morgan fingerprint density at radius 3 is 2.47 bits per heavy atom. The summed E-state index contributed by atoms with van der Waals surface area (Å²) in [5, 5.41) is 11.7. The predicted octanol–water partition coefficient (Wildman–Crippen LogP) is 2.32. The van der Waals surface area contributed by atoms with Crippen LogP contribution in [0.1, 0.15) is 24.2 Å². The summed E-state index contributed by atoms with van der Waals surface area (Å²) in [7, 11) is 0. The van der Waals surface area contributed by atoms with E-state index in [1.54, 1.807) is 6.07 Å². The van der Waals surface area contributed by atoms with Gasteiger partial charge in [-0.2, -0.15) is 0 Å². The second kappa shape index (κ2) is 6.68. The van der Waals surface area contributed by atoms with Gasteiger partial charge < -0.3 is 16.2 Å². The molecule has 1 rings (SSSR count). The van der Waals surface area contributed by atoms with Crippen molar-refractivity contribution in [2.75, 3.05) is 11.9 Å². The predicted molar refractivity (Wildman–Crippen MR) is 77.1 cm³/mol. The lowest BCUT2D eigenvalue weighted by Crippen LogP contribution is -2.33. The molecule has 6 heteroatoms. The van der Waals surface area contributed by atoms with E-state index < -0.39 is 5.97 Å². The van der Waals surface area contributed by atoms with Gasteiger partial charge >= 0.3 is 5.97 Å². The number of anilines is 1. The maximum absolute atomic E-state index is 12.0. The molecule has 104 valence electrons. The molecule has 19 heavy (non-hydrogen) atoms. The van der Waals surface area contributed by atoms with E-state index in [2.05, 4.69) is 21.2 Å². The number of carboxylic acids is 1. The van der Waals surface area contributed by atoms with Gasteiger partial charge in [0.2, 0.25) is 5.91 Å². The molecule has 1 aromatic carbocycles. The van der Waals surface area contributed by atoms with Crippen molar-refractivity contribution in [3.05, 3.63) is 28.2 Å². The number of benzene rings is 1. The third-order valence-electron chi connectivity index (χ3n) is 2.81. The van der Waals surface area contributed by atoms with E-state index >= 15 is 0 Å². The number of halogens is 1. The highest BCUT2D eigenvalue weighted by molar-refractivity contribution is 9.10. The Balaban J connectivity index is 2.93. The third kappa shape index (κ3) is 4.33. The minimum Gasteiger partial charge on any atom is -0.478 e. The van der Waals surface area contributed by atoms with Gasteiger partial charge in [-0.3, -0.25) is 4.79 Å². The molecule has 1 atom stereocenters. The van der Waals surface area contributed by atoms with E-state index in [1.807, 2.05) is 13.8 Å². The standard InChI is InChI=1S/C13H17BrN2O3/c1-7(2)11(6-15)12(17)16-10-4-8(13(18)19)3-9(14)5-10/h3-5,7,11H,6,15H2,1-2H3,(H,16,17)(H,18,19). The van der Waals surface area contributed by atoms with Gasteiger partial charge in [0.05, 0.1) is 11.5 Å². The molecule has 0 heterocycles. The van der Waals surface area contributed by atoms with E-state index in [0.29, 0.717) is 10.2 Å². The lowest BCUT2D eigenvalue weighted by atomic mass is 9.95. The Labute approximate surface area is 120 Å². The summed E-state index contributed by atoms with van der Waals surface area (Å²) in [4.78, 5) is 23.0. The van der Waals surface area contributed by atoms with Crippen LogP contribution in [0.2, 0.25) is 0 Å². The van der Waals surface area contributed by atoms with E-state index in [-0.39, 0.29) is 29.9 Å². The smallest absolute Gasteiger partial charge is 0.335 e. The zero-order chi connectivity index (χ0) is 14.6. The van der Waals surface area contributed by atoms with Crippen LogP contribution in [0, 0.1) is 11.8 Å². The van der Waals surface area contributed by atoms with E-state index in [4.69, 9.17) is 10.8 Å². The molecule has 0 aromatic heterocycles. The number of carbonyl (C=O) groups excluding carboxylic acids is 1. The van der Waals surface area contributed by atoms with E-state index in [0.717, 1.165) is 0 Å². The first-order chi connectivity index (χ1) is 8.85. The van der Waals surface area contributed by atoms with Crippen LogP contribution in [-0.4, -0.2) is 23.5 Å². The second-order valence-corrected chi connectivity index (χ2v) is 5.52. The molecular formula is C13H17BrN2O3. The van der Waals surface area contributed by atoms with Crippen LogP contribution in [0.4, 0.5) is 5.69 Å². The van der Waals surface area contributed by atoms with Crippen LogP contribution in [-0.2, 0) is 4.79 Å². The number of carbonyl (C=O) groups is 2. The molecule has 1 aromatic rings. The summed E-state index contributed by atoms with van der Waals surface area (Å²) in [6.45, 7) is 4.09. The van der Waals surface area contributed by atoms with Crippen molar-refractivity contribution >= 4 is 33.5 Å². The Bertz CT molecular complexity index is 489. The number of nitrogens with one attached hydrogen (secondary N) is 1. The summed E-state index contributed by atoms with van der Waals surface area (Å²) in [5.74, 6) is -1.42. The summed E-state index contributed by atoms with van der Waals surface area (Å²) >= 11 is 3.21. The van der Waals surface area contributed by atoms with Crippen molar-refractivity contribution in [1.82, 2.24) is 0 Å². The van der Waals surface area contributed by atoms with E-state index in [9.17, 15) is 9.59 Å². The third-order valence-corrected chi connectivity index (χ3v) is 3.27. The normalized spacial score (nSPS) is 12.3. The van der Waals surface area contributed by atoms with Gasteiger partial charge in [0.1, 0.15) is 0 Å². The number of rotatable bonds is 5. The van der Waals surface area contributed by atoms with Crippen molar-refractivity contribution in [3.8, 4) is 0 Å². The number of nitrogens with two attached hydrogens (primary N) is 1. The van der Waals surface area contributed by atoms with E-state index in [1.165, 1.54) is 12.1 Å². The highest BCUT2D eigenvalue weighted by Crippen LogP contribution is 2.21. The molecule has 0 aliphatic carbocycles. The average Bonchev–Trinajstić information content (AvgIpc) is 2.28. The molecule has 0 bridgehead atoms. The van der Waals surface area contributed by atoms with Crippen molar-refractivity contribution < 1.29 is 14.7 Å². The zero-order valence-electron chi connectivity index (χ0n) is 10.8. The number of carboxylic acid groups (broad SMARTS) is 1. The molecule has 0 saturated carbocycles. The summed E-state index contributed by atoms with van der Waals surface area (Å²) in [5.41, 5.74) is 6.12. The number of amides is 1. The lowest BCUT2D eigenvalue weighted by Gasteiger charge is -2.18. The molecule has 0 aliphatic rings. The van der Waals surface area contributed by atoms with Crippen LogP contribution < -0.4 is 11.1 Å². The first-order valence-electron chi connectivity index (χ1n) is 5.90.